The molecule has 0 aromatic heterocycles. The molecule has 1 unspecified atom stereocenters. The lowest BCUT2D eigenvalue weighted by Gasteiger charge is -2.13. The average molecular weight is 222 g/mol. The van der Waals surface area contributed by atoms with Gasteiger partial charge in [-0.3, -0.25) is 0 Å². The van der Waals surface area contributed by atoms with E-state index in [0.29, 0.717) is 6.61 Å². The van der Waals surface area contributed by atoms with E-state index in [9.17, 15) is 5.11 Å². The molecule has 2 nitrogen and oxygen atoms in total. The highest BCUT2D eigenvalue weighted by molar-refractivity contribution is 5.22. The number of hydrogen-bond acceptors (Lipinski definition) is 2. The Balaban J connectivity index is 2.28. The third-order valence-electron chi connectivity index (χ3n) is 2.47. The smallest absolute Gasteiger partial charge is 0.0777 e. The molecule has 0 amide bonds. The molecule has 16 heavy (non-hydrogen) atoms. The molecule has 0 aliphatic heterocycles. The van der Waals surface area contributed by atoms with Crippen molar-refractivity contribution in [2.24, 2.45) is 0 Å². The Hall–Kier alpha value is -0.860. The van der Waals surface area contributed by atoms with Crippen LogP contribution in [0, 0.1) is 6.92 Å². The quantitative estimate of drug-likeness (QED) is 0.802. The molecule has 0 aliphatic rings. The molecular formula is C14H22O2. The molecule has 1 aromatic carbocycles. The van der Waals surface area contributed by atoms with Crippen LogP contribution in [-0.4, -0.2) is 23.9 Å². The Labute approximate surface area is 98.3 Å². The lowest BCUT2D eigenvalue weighted by atomic mass is 10.1. The fraction of sp³-hybridized carbons (Fsp3) is 0.571. The van der Waals surface area contributed by atoms with Crippen LogP contribution in [0.2, 0.25) is 0 Å². The second-order valence-corrected chi connectivity index (χ2v) is 4.56. The van der Waals surface area contributed by atoms with Crippen molar-refractivity contribution in [2.45, 2.75) is 45.8 Å². The van der Waals surface area contributed by atoms with Crippen LogP contribution in [-0.2, 0) is 11.2 Å². The Bertz CT molecular complexity index is 307. The van der Waals surface area contributed by atoms with Crippen LogP contribution in [0.25, 0.3) is 0 Å². The fourth-order valence-corrected chi connectivity index (χ4v) is 1.59. The van der Waals surface area contributed by atoms with Gasteiger partial charge in [-0.05, 0) is 39.2 Å². The predicted molar refractivity (Wildman–Crippen MR) is 66.6 cm³/mol. The Kier molecular flexibility index (Phi) is 5.50. The Morgan fingerprint density at radius 1 is 1.31 bits per heavy atom. The van der Waals surface area contributed by atoms with E-state index in [1.54, 1.807) is 0 Å². The molecule has 0 saturated carbocycles. The molecule has 0 aliphatic carbocycles. The second-order valence-electron chi connectivity index (χ2n) is 4.56. The first-order chi connectivity index (χ1) is 7.58. The molecule has 1 N–H and O–H groups in total. The van der Waals surface area contributed by atoms with Crippen LogP contribution >= 0.6 is 0 Å². The van der Waals surface area contributed by atoms with Crippen molar-refractivity contribution in [3.05, 3.63) is 35.4 Å². The summed E-state index contributed by atoms with van der Waals surface area (Å²) in [4.78, 5) is 0. The number of aliphatic hydroxyl groups excluding tert-OH is 1. The van der Waals surface area contributed by atoms with Gasteiger partial charge in [0.1, 0.15) is 0 Å². The number of hydrogen-bond donors (Lipinski definition) is 1. The monoisotopic (exact) mass is 222 g/mol. The van der Waals surface area contributed by atoms with Crippen LogP contribution in [0.5, 0.6) is 0 Å². The van der Waals surface area contributed by atoms with Crippen molar-refractivity contribution in [1.29, 1.82) is 0 Å². The van der Waals surface area contributed by atoms with E-state index in [0.717, 1.165) is 12.8 Å². The SMILES string of the molecule is Cc1cccc(CCC(O)COC(C)C)c1. The molecule has 1 atom stereocenters. The Morgan fingerprint density at radius 2 is 2.06 bits per heavy atom. The molecule has 90 valence electrons. The van der Waals surface area contributed by atoms with Crippen molar-refractivity contribution < 1.29 is 9.84 Å². The first-order valence-corrected chi connectivity index (χ1v) is 5.93. The van der Waals surface area contributed by atoms with Gasteiger partial charge in [0.15, 0.2) is 0 Å². The molecule has 0 spiro atoms. The lowest BCUT2D eigenvalue weighted by molar-refractivity contribution is 0.00287. The summed E-state index contributed by atoms with van der Waals surface area (Å²) in [5.74, 6) is 0. The first kappa shape index (κ1) is 13.2. The van der Waals surface area contributed by atoms with E-state index in [1.165, 1.54) is 11.1 Å². The first-order valence-electron chi connectivity index (χ1n) is 5.93. The van der Waals surface area contributed by atoms with E-state index in [-0.39, 0.29) is 12.2 Å². The molecular weight excluding hydrogens is 200 g/mol. The maximum Gasteiger partial charge on any atom is 0.0777 e. The van der Waals surface area contributed by atoms with Gasteiger partial charge in [-0.1, -0.05) is 29.8 Å². The van der Waals surface area contributed by atoms with Gasteiger partial charge < -0.3 is 9.84 Å². The summed E-state index contributed by atoms with van der Waals surface area (Å²) in [6.45, 7) is 6.48. The van der Waals surface area contributed by atoms with Crippen LogP contribution in [0.15, 0.2) is 24.3 Å². The molecule has 1 aromatic rings. The van der Waals surface area contributed by atoms with Gasteiger partial charge in [-0.25, -0.2) is 0 Å². The molecule has 0 radical (unpaired) electrons. The van der Waals surface area contributed by atoms with Gasteiger partial charge in [0.05, 0.1) is 18.8 Å². The zero-order chi connectivity index (χ0) is 12.0. The van der Waals surface area contributed by atoms with Crippen molar-refractivity contribution >= 4 is 0 Å². The number of benzene rings is 1. The molecule has 0 fully saturated rings. The van der Waals surface area contributed by atoms with Gasteiger partial charge in [-0.2, -0.15) is 0 Å². The van der Waals surface area contributed by atoms with E-state index >= 15 is 0 Å². The minimum Gasteiger partial charge on any atom is -0.391 e. The zero-order valence-electron chi connectivity index (χ0n) is 10.4. The predicted octanol–water partition coefficient (Wildman–Crippen LogP) is 2.71. The molecule has 0 heterocycles. The van der Waals surface area contributed by atoms with Crippen molar-refractivity contribution in [1.82, 2.24) is 0 Å². The average Bonchev–Trinajstić information content (AvgIpc) is 2.23. The van der Waals surface area contributed by atoms with Gasteiger partial charge in [-0.15, -0.1) is 0 Å². The summed E-state index contributed by atoms with van der Waals surface area (Å²) in [5.41, 5.74) is 2.55. The fourth-order valence-electron chi connectivity index (χ4n) is 1.59. The van der Waals surface area contributed by atoms with Crippen LogP contribution < -0.4 is 0 Å². The standard InChI is InChI=1S/C14H22O2/c1-11(2)16-10-14(15)8-7-13-6-4-5-12(3)9-13/h4-6,9,11,14-15H,7-8,10H2,1-3H3. The molecule has 0 saturated heterocycles. The largest absolute Gasteiger partial charge is 0.391 e. The van der Waals surface area contributed by atoms with E-state index in [4.69, 9.17) is 4.74 Å². The number of rotatable bonds is 6. The highest BCUT2D eigenvalue weighted by Crippen LogP contribution is 2.08. The molecule has 1 rings (SSSR count). The summed E-state index contributed by atoms with van der Waals surface area (Å²) in [6.07, 6.45) is 1.50. The van der Waals surface area contributed by atoms with Crippen molar-refractivity contribution in [3.63, 3.8) is 0 Å². The maximum atomic E-state index is 9.70. The van der Waals surface area contributed by atoms with Gasteiger partial charge >= 0.3 is 0 Å². The lowest BCUT2D eigenvalue weighted by Crippen LogP contribution is -2.19. The zero-order valence-corrected chi connectivity index (χ0v) is 10.4. The number of aliphatic hydroxyl groups is 1. The van der Waals surface area contributed by atoms with Gasteiger partial charge in [0.25, 0.3) is 0 Å². The third kappa shape index (κ3) is 5.29. The van der Waals surface area contributed by atoms with Crippen molar-refractivity contribution in [2.75, 3.05) is 6.61 Å². The van der Waals surface area contributed by atoms with Crippen molar-refractivity contribution in [3.8, 4) is 0 Å². The van der Waals surface area contributed by atoms with Crippen LogP contribution in [0.4, 0.5) is 0 Å². The minimum absolute atomic E-state index is 0.189. The van der Waals surface area contributed by atoms with Crippen LogP contribution in [0.1, 0.15) is 31.4 Å². The van der Waals surface area contributed by atoms with Gasteiger partial charge in [0, 0.05) is 0 Å². The summed E-state index contributed by atoms with van der Waals surface area (Å²) < 4.78 is 5.37. The highest BCUT2D eigenvalue weighted by Gasteiger charge is 2.06. The van der Waals surface area contributed by atoms with Crippen LogP contribution in [0.3, 0.4) is 0 Å². The number of ether oxygens (including phenoxy) is 1. The molecule has 0 bridgehead atoms. The summed E-state index contributed by atoms with van der Waals surface area (Å²) >= 11 is 0. The summed E-state index contributed by atoms with van der Waals surface area (Å²) in [6, 6.07) is 8.41. The summed E-state index contributed by atoms with van der Waals surface area (Å²) in [5, 5.41) is 9.70. The second kappa shape index (κ2) is 6.66. The van der Waals surface area contributed by atoms with E-state index in [2.05, 4.69) is 31.2 Å². The van der Waals surface area contributed by atoms with E-state index in [1.807, 2.05) is 13.8 Å². The van der Waals surface area contributed by atoms with Gasteiger partial charge in [0.2, 0.25) is 0 Å². The van der Waals surface area contributed by atoms with E-state index < -0.39 is 0 Å². The Morgan fingerprint density at radius 3 is 2.69 bits per heavy atom. The third-order valence-corrected chi connectivity index (χ3v) is 2.47. The topological polar surface area (TPSA) is 29.5 Å². The summed E-state index contributed by atoms with van der Waals surface area (Å²) in [7, 11) is 0. The normalized spacial score (nSPS) is 13.1. The highest BCUT2D eigenvalue weighted by atomic mass is 16.5. The number of aryl methyl sites for hydroxylation is 2. The maximum absolute atomic E-state index is 9.70. The molecule has 2 heteroatoms. The minimum atomic E-state index is -0.358.